The van der Waals surface area contributed by atoms with Gasteiger partial charge in [0.2, 0.25) is 0 Å². The maximum Gasteiger partial charge on any atom is 0.333 e. The molecule has 0 aliphatic carbocycles. The largest absolute Gasteiger partial charge is 0.462 e. The molecule has 0 unspecified atom stereocenters. The van der Waals surface area contributed by atoms with E-state index in [1.54, 1.807) is 6.92 Å². The lowest BCUT2D eigenvalue weighted by atomic mass is 10.2. The predicted octanol–water partition coefficient (Wildman–Crippen LogP) is 1.03. The first-order valence-corrected chi connectivity index (χ1v) is 5.73. The summed E-state index contributed by atoms with van der Waals surface area (Å²) in [5, 5.41) is 3.22. The Balaban J connectivity index is 3.10. The molecule has 3 N–H and O–H groups in total. The van der Waals surface area contributed by atoms with E-state index in [0.717, 1.165) is 32.4 Å². The third-order valence-electron chi connectivity index (χ3n) is 1.99. The van der Waals surface area contributed by atoms with Gasteiger partial charge in [-0.25, -0.2) is 4.79 Å². The normalized spacial score (nSPS) is 10.1. The third kappa shape index (κ3) is 9.68. The van der Waals surface area contributed by atoms with Crippen LogP contribution in [0.5, 0.6) is 0 Å². The van der Waals surface area contributed by atoms with Crippen molar-refractivity contribution in [1.29, 1.82) is 0 Å². The van der Waals surface area contributed by atoms with Crippen LogP contribution >= 0.6 is 0 Å². The van der Waals surface area contributed by atoms with E-state index in [1.165, 1.54) is 0 Å². The van der Waals surface area contributed by atoms with Crippen LogP contribution in [0.3, 0.4) is 0 Å². The molecule has 0 atom stereocenters. The maximum atomic E-state index is 11.0. The number of unbranched alkanes of at least 4 members (excludes halogenated alkanes) is 3. The minimum Gasteiger partial charge on any atom is -0.462 e. The van der Waals surface area contributed by atoms with Gasteiger partial charge in [-0.2, -0.15) is 0 Å². The van der Waals surface area contributed by atoms with Crippen molar-refractivity contribution < 1.29 is 9.53 Å². The molecule has 0 fully saturated rings. The minimum absolute atomic E-state index is 0.307. The van der Waals surface area contributed by atoms with E-state index in [9.17, 15) is 4.79 Å². The fraction of sp³-hybridized carbons (Fsp3) is 0.667. The second-order valence-corrected chi connectivity index (χ2v) is 3.67. The summed E-state index contributed by atoms with van der Waals surface area (Å²) >= 11 is 0. The summed E-state index contributed by atoms with van der Waals surface area (Å²) in [4.78, 5) is 11.0. The lowest BCUT2D eigenvalue weighted by Gasteiger charge is -2.04. The number of rotatable bonds is 10. The molecule has 0 aromatic carbocycles. The van der Waals surface area contributed by atoms with Gasteiger partial charge in [-0.3, -0.25) is 0 Å². The number of nitrogens with two attached hydrogens (primary N) is 1. The van der Waals surface area contributed by atoms with E-state index < -0.39 is 0 Å². The Morgan fingerprint density at radius 3 is 2.81 bits per heavy atom. The summed E-state index contributed by atoms with van der Waals surface area (Å²) in [6.45, 7) is 8.14. The lowest BCUT2D eigenvalue weighted by Crippen LogP contribution is -2.23. The molecule has 0 aromatic heterocycles. The Labute approximate surface area is 98.2 Å². The number of esters is 1. The number of carbonyl (C=O) groups is 1. The van der Waals surface area contributed by atoms with Crippen LogP contribution in [0.2, 0.25) is 0 Å². The van der Waals surface area contributed by atoms with Gasteiger partial charge in [0, 0.05) is 18.7 Å². The molecule has 0 saturated carbocycles. The minimum atomic E-state index is -0.307. The van der Waals surface area contributed by atoms with Crippen LogP contribution in [0.1, 0.15) is 26.2 Å². The van der Waals surface area contributed by atoms with Crippen LogP contribution in [0.25, 0.3) is 0 Å². The van der Waals surface area contributed by atoms with Crippen molar-refractivity contribution in [2.24, 2.45) is 5.73 Å². The molecule has 0 bridgehead atoms. The van der Waals surface area contributed by atoms with E-state index >= 15 is 0 Å². The number of ether oxygens (including phenoxy) is 1. The molecule has 0 aliphatic heterocycles. The average molecular weight is 227 g/mol. The fourth-order valence-corrected chi connectivity index (χ4v) is 1.10. The highest BCUT2D eigenvalue weighted by atomic mass is 16.5. The summed E-state index contributed by atoms with van der Waals surface area (Å²) in [7, 11) is 0. The Morgan fingerprint density at radius 1 is 1.44 bits per heavy atom. The Hall–Kier alpha value is -0.870. The summed E-state index contributed by atoms with van der Waals surface area (Å²) in [6.07, 6.45) is 5.06. The van der Waals surface area contributed by atoms with Gasteiger partial charge >= 0.3 is 5.97 Å². The van der Waals surface area contributed by atoms with Gasteiger partial charge in [-0.05, 0) is 39.2 Å². The van der Waals surface area contributed by atoms with E-state index in [0.29, 0.717) is 18.7 Å². The second kappa shape index (κ2) is 10.6. The zero-order chi connectivity index (χ0) is 12.2. The fourth-order valence-electron chi connectivity index (χ4n) is 1.10. The summed E-state index contributed by atoms with van der Waals surface area (Å²) < 4.78 is 4.95. The zero-order valence-corrected chi connectivity index (χ0v) is 10.1. The first-order chi connectivity index (χ1) is 7.68. The van der Waals surface area contributed by atoms with E-state index in [4.69, 9.17) is 10.5 Å². The summed E-state index contributed by atoms with van der Waals surface area (Å²) in [5.41, 5.74) is 5.79. The van der Waals surface area contributed by atoms with Crippen LogP contribution in [-0.4, -0.2) is 32.2 Å². The summed E-state index contributed by atoms with van der Waals surface area (Å²) in [6, 6.07) is 0. The topological polar surface area (TPSA) is 64.3 Å². The van der Waals surface area contributed by atoms with Gasteiger partial charge in [0.25, 0.3) is 0 Å². The van der Waals surface area contributed by atoms with Crippen LogP contribution in [0.4, 0.5) is 0 Å². The molecule has 0 aromatic rings. The Bertz CT molecular complexity index is 205. The average Bonchev–Trinajstić information content (AvgIpc) is 2.26. The Kier molecular flexibility index (Phi) is 10.1. The highest BCUT2D eigenvalue weighted by Crippen LogP contribution is 1.99. The number of nitrogens with one attached hydrogen (secondary N) is 1. The molecule has 0 amide bonds. The van der Waals surface area contributed by atoms with Gasteiger partial charge in [0.05, 0.1) is 6.61 Å². The molecule has 0 rings (SSSR count). The van der Waals surface area contributed by atoms with Crippen LogP contribution < -0.4 is 11.1 Å². The highest BCUT2D eigenvalue weighted by molar-refractivity contribution is 5.86. The SMILES string of the molecule is C=C(C)C(=O)OCC[CH]CCCNCCN. The van der Waals surface area contributed by atoms with Crippen LogP contribution in [0, 0.1) is 6.42 Å². The van der Waals surface area contributed by atoms with E-state index in [2.05, 4.69) is 18.3 Å². The molecule has 4 heteroatoms. The summed E-state index contributed by atoms with van der Waals surface area (Å²) in [5.74, 6) is -0.307. The van der Waals surface area contributed by atoms with Crippen molar-refractivity contribution in [3.05, 3.63) is 18.6 Å². The van der Waals surface area contributed by atoms with Crippen molar-refractivity contribution in [3.63, 3.8) is 0 Å². The maximum absolute atomic E-state index is 11.0. The first kappa shape index (κ1) is 15.1. The van der Waals surface area contributed by atoms with Crippen molar-refractivity contribution in [2.45, 2.75) is 26.2 Å². The zero-order valence-electron chi connectivity index (χ0n) is 10.1. The van der Waals surface area contributed by atoms with Gasteiger partial charge in [0.15, 0.2) is 0 Å². The molecule has 93 valence electrons. The lowest BCUT2D eigenvalue weighted by molar-refractivity contribution is -0.138. The monoisotopic (exact) mass is 227 g/mol. The molecular formula is C12H23N2O2. The molecule has 0 spiro atoms. The first-order valence-electron chi connectivity index (χ1n) is 5.73. The molecule has 16 heavy (non-hydrogen) atoms. The molecular weight excluding hydrogens is 204 g/mol. The molecule has 1 radical (unpaired) electrons. The van der Waals surface area contributed by atoms with Gasteiger partial charge in [-0.15, -0.1) is 0 Å². The standard InChI is InChI=1S/C12H23N2O2/c1-11(2)12(15)16-10-6-4-3-5-8-14-9-7-13/h4,14H,1,3,5-10,13H2,2H3. The van der Waals surface area contributed by atoms with Crippen LogP contribution in [0.15, 0.2) is 12.2 Å². The second-order valence-electron chi connectivity index (χ2n) is 3.67. The highest BCUT2D eigenvalue weighted by Gasteiger charge is 2.01. The van der Waals surface area contributed by atoms with E-state index in [-0.39, 0.29) is 5.97 Å². The molecule has 4 nitrogen and oxygen atoms in total. The number of carbonyl (C=O) groups excluding carboxylic acids is 1. The molecule has 0 heterocycles. The van der Waals surface area contributed by atoms with Crippen molar-refractivity contribution in [1.82, 2.24) is 5.32 Å². The van der Waals surface area contributed by atoms with Crippen molar-refractivity contribution in [2.75, 3.05) is 26.2 Å². The van der Waals surface area contributed by atoms with Crippen molar-refractivity contribution >= 4 is 5.97 Å². The van der Waals surface area contributed by atoms with Gasteiger partial charge in [0.1, 0.15) is 0 Å². The smallest absolute Gasteiger partial charge is 0.333 e. The molecule has 0 aliphatic rings. The predicted molar refractivity (Wildman–Crippen MR) is 65.8 cm³/mol. The van der Waals surface area contributed by atoms with Gasteiger partial charge in [-0.1, -0.05) is 6.58 Å². The van der Waals surface area contributed by atoms with Crippen LogP contribution in [-0.2, 0) is 9.53 Å². The van der Waals surface area contributed by atoms with Crippen molar-refractivity contribution in [3.8, 4) is 0 Å². The van der Waals surface area contributed by atoms with Gasteiger partial charge < -0.3 is 15.8 Å². The van der Waals surface area contributed by atoms with E-state index in [1.807, 2.05) is 0 Å². The molecule has 0 saturated heterocycles. The Morgan fingerprint density at radius 2 is 2.19 bits per heavy atom. The number of hydrogen-bond acceptors (Lipinski definition) is 4. The quantitative estimate of drug-likeness (QED) is 0.332. The number of hydrogen-bond donors (Lipinski definition) is 2. The third-order valence-corrected chi connectivity index (χ3v) is 1.99.